The van der Waals surface area contributed by atoms with Gasteiger partial charge in [-0.05, 0) is 11.6 Å². The maximum atomic E-state index is 10.6. The smallest absolute Gasteiger partial charge is 0.305 e. The van der Waals surface area contributed by atoms with Crippen LogP contribution >= 0.6 is 11.3 Å². The van der Waals surface area contributed by atoms with E-state index in [0.717, 1.165) is 16.1 Å². The Morgan fingerprint density at radius 2 is 2.35 bits per heavy atom. The summed E-state index contributed by atoms with van der Waals surface area (Å²) in [6, 6.07) is 7.06. The van der Waals surface area contributed by atoms with E-state index in [9.17, 15) is 4.79 Å². The van der Waals surface area contributed by atoms with Crippen molar-refractivity contribution in [3.63, 3.8) is 0 Å². The summed E-state index contributed by atoms with van der Waals surface area (Å²) in [5.74, 6) is -0.892. The molecular weight excluding hydrogens is 236 g/mol. The molecule has 0 saturated carbocycles. The van der Waals surface area contributed by atoms with Crippen molar-refractivity contribution in [1.29, 1.82) is 0 Å². The molecule has 5 heteroatoms. The molecule has 1 aromatic carbocycles. The molecule has 3 N–H and O–H groups in total. The van der Waals surface area contributed by atoms with Crippen molar-refractivity contribution in [3.8, 4) is 10.6 Å². The second-order valence-electron chi connectivity index (χ2n) is 3.67. The van der Waals surface area contributed by atoms with E-state index in [4.69, 9.17) is 10.8 Å². The molecule has 0 amide bonds. The maximum absolute atomic E-state index is 10.6. The molecule has 0 saturated heterocycles. The number of hydrogen-bond donors (Lipinski definition) is 2. The van der Waals surface area contributed by atoms with Gasteiger partial charge in [0, 0.05) is 23.2 Å². The topological polar surface area (TPSA) is 76.2 Å². The Bertz CT molecular complexity index is 511. The molecule has 1 heterocycles. The van der Waals surface area contributed by atoms with Crippen LogP contribution in [0.25, 0.3) is 10.6 Å². The lowest BCUT2D eigenvalue weighted by atomic mass is 10.0. The summed E-state index contributed by atoms with van der Waals surface area (Å²) in [4.78, 5) is 14.8. The lowest BCUT2D eigenvalue weighted by Crippen LogP contribution is -2.14. The summed E-state index contributed by atoms with van der Waals surface area (Å²) in [5, 5.41) is 11.5. The van der Waals surface area contributed by atoms with Crippen molar-refractivity contribution in [1.82, 2.24) is 4.98 Å². The summed E-state index contributed by atoms with van der Waals surface area (Å²) in [6.07, 6.45) is 1.67. The predicted octanol–water partition coefficient (Wildman–Crippen LogP) is 2.28. The van der Waals surface area contributed by atoms with Crippen LogP contribution < -0.4 is 5.73 Å². The molecule has 0 fully saturated rings. The van der Waals surface area contributed by atoms with Gasteiger partial charge in [0.1, 0.15) is 5.01 Å². The van der Waals surface area contributed by atoms with E-state index in [0.29, 0.717) is 0 Å². The number of carboxylic acid groups (broad SMARTS) is 1. The largest absolute Gasteiger partial charge is 0.481 e. The van der Waals surface area contributed by atoms with Gasteiger partial charge in [-0.15, -0.1) is 11.3 Å². The van der Waals surface area contributed by atoms with Gasteiger partial charge in [-0.2, -0.15) is 0 Å². The zero-order chi connectivity index (χ0) is 12.3. The summed E-state index contributed by atoms with van der Waals surface area (Å²) in [5.41, 5.74) is 7.61. The normalized spacial score (nSPS) is 12.3. The third-order valence-electron chi connectivity index (χ3n) is 2.39. The van der Waals surface area contributed by atoms with Crippen LogP contribution in [0.3, 0.4) is 0 Å². The Balaban J connectivity index is 2.25. The number of benzene rings is 1. The van der Waals surface area contributed by atoms with Crippen molar-refractivity contribution < 1.29 is 9.90 Å². The SMILES string of the molecule is N[C@@H](CC(=O)O)c1cccc(-c2nccs2)c1. The molecule has 0 aliphatic carbocycles. The molecule has 88 valence electrons. The second-order valence-corrected chi connectivity index (χ2v) is 4.56. The number of carbonyl (C=O) groups is 1. The van der Waals surface area contributed by atoms with E-state index in [2.05, 4.69) is 4.98 Å². The zero-order valence-electron chi connectivity index (χ0n) is 9.04. The van der Waals surface area contributed by atoms with Crippen molar-refractivity contribution in [3.05, 3.63) is 41.4 Å². The molecule has 0 aliphatic rings. The third-order valence-corrected chi connectivity index (χ3v) is 3.21. The number of hydrogen-bond acceptors (Lipinski definition) is 4. The number of aliphatic carboxylic acids is 1. The minimum atomic E-state index is -0.892. The van der Waals surface area contributed by atoms with Gasteiger partial charge in [-0.3, -0.25) is 4.79 Å². The monoisotopic (exact) mass is 248 g/mol. The summed E-state index contributed by atoms with van der Waals surface area (Å²) < 4.78 is 0. The average molecular weight is 248 g/mol. The Morgan fingerprint density at radius 1 is 1.53 bits per heavy atom. The number of nitrogens with two attached hydrogens (primary N) is 1. The third kappa shape index (κ3) is 2.89. The maximum Gasteiger partial charge on any atom is 0.305 e. The summed E-state index contributed by atoms with van der Waals surface area (Å²) >= 11 is 1.54. The molecule has 17 heavy (non-hydrogen) atoms. The summed E-state index contributed by atoms with van der Waals surface area (Å²) in [7, 11) is 0. The quantitative estimate of drug-likeness (QED) is 0.870. The van der Waals surface area contributed by atoms with Gasteiger partial charge in [0.2, 0.25) is 0 Å². The standard InChI is InChI=1S/C12H12N2O2S/c13-10(7-11(15)16)8-2-1-3-9(6-8)12-14-4-5-17-12/h1-6,10H,7,13H2,(H,15,16)/t10-/m0/s1. The molecule has 0 bridgehead atoms. The molecule has 2 aromatic rings. The highest BCUT2D eigenvalue weighted by atomic mass is 32.1. The molecule has 1 aromatic heterocycles. The molecule has 4 nitrogen and oxygen atoms in total. The van der Waals surface area contributed by atoms with Crippen LogP contribution in [0, 0.1) is 0 Å². The van der Waals surface area contributed by atoms with Crippen LogP contribution in [0.4, 0.5) is 0 Å². The van der Waals surface area contributed by atoms with E-state index in [1.54, 1.807) is 17.5 Å². The second kappa shape index (κ2) is 5.07. The fourth-order valence-electron chi connectivity index (χ4n) is 1.57. The van der Waals surface area contributed by atoms with E-state index in [1.807, 2.05) is 29.6 Å². The average Bonchev–Trinajstić information content (AvgIpc) is 2.82. The van der Waals surface area contributed by atoms with E-state index >= 15 is 0 Å². The van der Waals surface area contributed by atoms with Crippen LogP contribution in [0.5, 0.6) is 0 Å². The van der Waals surface area contributed by atoms with Crippen molar-refractivity contribution in [2.75, 3.05) is 0 Å². The van der Waals surface area contributed by atoms with Gasteiger partial charge < -0.3 is 10.8 Å². The molecule has 0 aliphatic heterocycles. The number of thiazole rings is 1. The number of aromatic nitrogens is 1. The van der Waals surface area contributed by atoms with E-state index in [1.165, 1.54) is 0 Å². The van der Waals surface area contributed by atoms with Crippen molar-refractivity contribution in [2.24, 2.45) is 5.73 Å². The Kier molecular flexibility index (Phi) is 3.51. The first-order chi connectivity index (χ1) is 8.16. The van der Waals surface area contributed by atoms with E-state index < -0.39 is 12.0 Å². The first-order valence-electron chi connectivity index (χ1n) is 5.14. The molecule has 1 atom stereocenters. The van der Waals surface area contributed by atoms with E-state index in [-0.39, 0.29) is 6.42 Å². The van der Waals surface area contributed by atoms with Crippen molar-refractivity contribution in [2.45, 2.75) is 12.5 Å². The van der Waals surface area contributed by atoms with Crippen LogP contribution in [0.2, 0.25) is 0 Å². The Morgan fingerprint density at radius 3 is 3.00 bits per heavy atom. The summed E-state index contributed by atoms with van der Waals surface area (Å²) in [6.45, 7) is 0. The predicted molar refractivity (Wildman–Crippen MR) is 66.7 cm³/mol. The fourth-order valence-corrected chi connectivity index (χ4v) is 2.21. The van der Waals surface area contributed by atoms with Crippen LogP contribution in [0.1, 0.15) is 18.0 Å². The highest BCUT2D eigenvalue weighted by Crippen LogP contribution is 2.25. The van der Waals surface area contributed by atoms with Gasteiger partial charge in [0.05, 0.1) is 6.42 Å². The zero-order valence-corrected chi connectivity index (χ0v) is 9.85. The first-order valence-corrected chi connectivity index (χ1v) is 6.02. The molecule has 0 unspecified atom stereocenters. The molecular formula is C12H12N2O2S. The van der Waals surface area contributed by atoms with Crippen molar-refractivity contribution >= 4 is 17.3 Å². The highest BCUT2D eigenvalue weighted by Gasteiger charge is 2.11. The van der Waals surface area contributed by atoms with Gasteiger partial charge in [-0.25, -0.2) is 4.98 Å². The highest BCUT2D eigenvalue weighted by molar-refractivity contribution is 7.13. The number of nitrogens with zero attached hydrogens (tertiary/aromatic N) is 1. The molecule has 0 spiro atoms. The molecule has 2 rings (SSSR count). The van der Waals surface area contributed by atoms with Crippen LogP contribution in [-0.4, -0.2) is 16.1 Å². The lowest BCUT2D eigenvalue weighted by Gasteiger charge is -2.10. The van der Waals surface area contributed by atoms with Crippen LogP contribution in [0.15, 0.2) is 35.8 Å². The first kappa shape index (κ1) is 11.8. The Labute approximate surface area is 103 Å². The fraction of sp³-hybridized carbons (Fsp3) is 0.167. The van der Waals surface area contributed by atoms with Crippen LogP contribution in [-0.2, 0) is 4.79 Å². The lowest BCUT2D eigenvalue weighted by molar-refractivity contribution is -0.137. The number of rotatable bonds is 4. The van der Waals surface area contributed by atoms with Gasteiger partial charge in [0.15, 0.2) is 0 Å². The Hall–Kier alpha value is -1.72. The van der Waals surface area contributed by atoms with Gasteiger partial charge >= 0.3 is 5.97 Å². The minimum absolute atomic E-state index is 0.0681. The minimum Gasteiger partial charge on any atom is -0.481 e. The van der Waals surface area contributed by atoms with Gasteiger partial charge in [0.25, 0.3) is 0 Å². The molecule has 0 radical (unpaired) electrons. The number of carboxylic acids is 1. The van der Waals surface area contributed by atoms with Gasteiger partial charge in [-0.1, -0.05) is 18.2 Å².